The first-order valence-corrected chi connectivity index (χ1v) is 8.40. The molecule has 0 aromatic heterocycles. The summed E-state index contributed by atoms with van der Waals surface area (Å²) in [6, 6.07) is 15.3. The lowest BCUT2D eigenvalue weighted by atomic mass is 10.1. The highest BCUT2D eigenvalue weighted by Crippen LogP contribution is 2.14. The number of rotatable bonds is 7. The van der Waals surface area contributed by atoms with Gasteiger partial charge in [-0.1, -0.05) is 46.3 Å². The molecule has 0 amide bonds. The third kappa shape index (κ3) is 4.85. The van der Waals surface area contributed by atoms with E-state index in [1.165, 1.54) is 0 Å². The van der Waals surface area contributed by atoms with Crippen LogP contribution >= 0.6 is 15.9 Å². The Morgan fingerprint density at radius 2 is 1.86 bits per heavy atom. The normalized spacial score (nSPS) is 10.8. The van der Waals surface area contributed by atoms with Crippen LogP contribution in [0.3, 0.4) is 0 Å². The molecule has 0 aliphatic rings. The maximum atomic E-state index is 12.2. The molecule has 0 radical (unpaired) electrons. The average Bonchev–Trinajstić information content (AvgIpc) is 2.55. The molecule has 2 nitrogen and oxygen atoms in total. The van der Waals surface area contributed by atoms with Gasteiger partial charge in [0.1, 0.15) is 5.75 Å². The molecular weight excluding hydrogens is 340 g/mol. The lowest BCUT2D eigenvalue weighted by Crippen LogP contribution is -1.99. The number of aryl methyl sites for hydroxylation is 1. The van der Waals surface area contributed by atoms with Gasteiger partial charge in [0, 0.05) is 10.9 Å². The van der Waals surface area contributed by atoms with E-state index in [0.717, 1.165) is 28.6 Å². The number of ketones is 1. The Hall–Kier alpha value is -1.87. The third-order valence-corrected chi connectivity index (χ3v) is 3.85. The molecule has 22 heavy (non-hydrogen) atoms. The molecule has 114 valence electrons. The first-order chi connectivity index (χ1) is 10.7. The maximum Gasteiger partial charge on any atom is 0.185 e. The molecule has 2 aromatic rings. The molecule has 0 saturated carbocycles. The van der Waals surface area contributed by atoms with Crippen molar-refractivity contribution in [2.24, 2.45) is 0 Å². The second-order valence-corrected chi connectivity index (χ2v) is 5.76. The summed E-state index contributed by atoms with van der Waals surface area (Å²) in [7, 11) is 0. The predicted octanol–water partition coefficient (Wildman–Crippen LogP) is 5.05. The summed E-state index contributed by atoms with van der Waals surface area (Å²) in [5, 5.41) is 0.924. The summed E-state index contributed by atoms with van der Waals surface area (Å²) in [4.78, 5) is 12.2. The van der Waals surface area contributed by atoms with Crippen LogP contribution in [0.5, 0.6) is 5.75 Å². The Bertz CT molecular complexity index is 645. The summed E-state index contributed by atoms with van der Waals surface area (Å²) < 4.78 is 5.57. The second kappa shape index (κ2) is 8.54. The van der Waals surface area contributed by atoms with E-state index in [0.29, 0.717) is 12.2 Å². The van der Waals surface area contributed by atoms with E-state index in [4.69, 9.17) is 4.74 Å². The topological polar surface area (TPSA) is 26.3 Å². The summed E-state index contributed by atoms with van der Waals surface area (Å²) in [6.45, 7) is 2.70. The predicted molar refractivity (Wildman–Crippen MR) is 94.9 cm³/mol. The molecule has 0 atom stereocenters. The summed E-state index contributed by atoms with van der Waals surface area (Å²) in [5.74, 6) is 0.788. The Morgan fingerprint density at radius 1 is 1.14 bits per heavy atom. The van der Waals surface area contributed by atoms with Crippen molar-refractivity contribution in [3.05, 3.63) is 71.3 Å². The van der Waals surface area contributed by atoms with E-state index in [9.17, 15) is 4.79 Å². The number of hydrogen-bond donors (Lipinski definition) is 0. The molecule has 2 rings (SSSR count). The second-order valence-electron chi connectivity index (χ2n) is 4.97. The highest BCUT2D eigenvalue weighted by atomic mass is 79.9. The Balaban J connectivity index is 1.99. The van der Waals surface area contributed by atoms with Crippen LogP contribution in [0.4, 0.5) is 0 Å². The van der Waals surface area contributed by atoms with Crippen LogP contribution in [0.25, 0.3) is 6.08 Å². The van der Waals surface area contributed by atoms with Crippen LogP contribution in [0.15, 0.2) is 54.6 Å². The highest BCUT2D eigenvalue weighted by Gasteiger charge is 2.02. The van der Waals surface area contributed by atoms with Crippen LogP contribution in [0.1, 0.15) is 27.9 Å². The van der Waals surface area contributed by atoms with Gasteiger partial charge in [-0.05, 0) is 54.8 Å². The number of allylic oxidation sites excluding steroid dienone is 1. The van der Waals surface area contributed by atoms with Crippen molar-refractivity contribution >= 4 is 27.8 Å². The monoisotopic (exact) mass is 358 g/mol. The van der Waals surface area contributed by atoms with E-state index < -0.39 is 0 Å². The number of ether oxygens (including phenoxy) is 1. The molecule has 0 saturated heterocycles. The first kappa shape index (κ1) is 16.5. The molecule has 0 N–H and O–H groups in total. The average molecular weight is 359 g/mol. The van der Waals surface area contributed by atoms with Crippen molar-refractivity contribution in [2.75, 3.05) is 11.9 Å². The van der Waals surface area contributed by atoms with Gasteiger partial charge in [0.05, 0.1) is 6.61 Å². The number of carbonyl (C=O) groups excluding carboxylic acids is 1. The van der Waals surface area contributed by atoms with Gasteiger partial charge in [-0.15, -0.1) is 0 Å². The van der Waals surface area contributed by atoms with E-state index in [1.807, 2.05) is 49.4 Å². The van der Waals surface area contributed by atoms with Gasteiger partial charge in [0.15, 0.2) is 5.78 Å². The molecule has 0 aliphatic carbocycles. The number of alkyl halides is 1. The van der Waals surface area contributed by atoms with Gasteiger partial charge in [0.25, 0.3) is 0 Å². The fourth-order valence-corrected chi connectivity index (χ4v) is 2.22. The fraction of sp³-hybridized carbons (Fsp3) is 0.211. The van der Waals surface area contributed by atoms with Crippen molar-refractivity contribution in [3.8, 4) is 5.75 Å². The standard InChI is InChI=1S/C19H19BrO2/c1-15-5-2-3-6-16(15)9-12-19(21)17-7-10-18(11-8-17)22-14-4-13-20/h2-3,5-12H,4,13-14H2,1H3. The maximum absolute atomic E-state index is 12.2. The van der Waals surface area contributed by atoms with Crippen molar-refractivity contribution in [2.45, 2.75) is 13.3 Å². The molecule has 3 heteroatoms. The van der Waals surface area contributed by atoms with E-state index in [-0.39, 0.29) is 5.78 Å². The Kier molecular flexibility index (Phi) is 6.41. The zero-order valence-corrected chi connectivity index (χ0v) is 14.2. The molecule has 0 unspecified atom stereocenters. The largest absolute Gasteiger partial charge is 0.494 e. The zero-order chi connectivity index (χ0) is 15.8. The van der Waals surface area contributed by atoms with Crippen molar-refractivity contribution < 1.29 is 9.53 Å². The summed E-state index contributed by atoms with van der Waals surface area (Å²) in [5.41, 5.74) is 2.88. The van der Waals surface area contributed by atoms with Gasteiger partial charge in [-0.2, -0.15) is 0 Å². The van der Waals surface area contributed by atoms with Gasteiger partial charge in [0.2, 0.25) is 0 Å². The first-order valence-electron chi connectivity index (χ1n) is 7.27. The minimum atomic E-state index is -0.00439. The lowest BCUT2D eigenvalue weighted by molar-refractivity contribution is 0.104. The van der Waals surface area contributed by atoms with Crippen LogP contribution in [-0.4, -0.2) is 17.7 Å². The Morgan fingerprint density at radius 3 is 2.55 bits per heavy atom. The zero-order valence-electron chi connectivity index (χ0n) is 12.6. The number of benzene rings is 2. The smallest absolute Gasteiger partial charge is 0.185 e. The minimum Gasteiger partial charge on any atom is -0.494 e. The molecule has 0 bridgehead atoms. The van der Waals surface area contributed by atoms with Gasteiger partial charge in [-0.3, -0.25) is 4.79 Å². The minimum absolute atomic E-state index is 0.00439. The molecular formula is C19H19BrO2. The van der Waals surface area contributed by atoms with Crippen LogP contribution < -0.4 is 4.74 Å². The third-order valence-electron chi connectivity index (χ3n) is 3.29. The van der Waals surface area contributed by atoms with E-state index in [2.05, 4.69) is 15.9 Å². The quantitative estimate of drug-likeness (QED) is 0.299. The van der Waals surface area contributed by atoms with Gasteiger partial charge in [-0.25, -0.2) is 0 Å². The van der Waals surface area contributed by atoms with Gasteiger partial charge >= 0.3 is 0 Å². The van der Waals surface area contributed by atoms with E-state index in [1.54, 1.807) is 18.2 Å². The van der Waals surface area contributed by atoms with Crippen molar-refractivity contribution in [3.63, 3.8) is 0 Å². The summed E-state index contributed by atoms with van der Waals surface area (Å²) in [6.07, 6.45) is 4.43. The molecule has 0 spiro atoms. The molecule has 0 aliphatic heterocycles. The number of halogens is 1. The molecule has 2 aromatic carbocycles. The van der Waals surface area contributed by atoms with Crippen molar-refractivity contribution in [1.82, 2.24) is 0 Å². The van der Waals surface area contributed by atoms with Crippen molar-refractivity contribution in [1.29, 1.82) is 0 Å². The van der Waals surface area contributed by atoms with Crippen LogP contribution in [-0.2, 0) is 0 Å². The van der Waals surface area contributed by atoms with Crippen LogP contribution in [0, 0.1) is 6.92 Å². The summed E-state index contributed by atoms with van der Waals surface area (Å²) >= 11 is 3.36. The molecule has 0 heterocycles. The lowest BCUT2D eigenvalue weighted by Gasteiger charge is -2.05. The number of carbonyl (C=O) groups is 1. The van der Waals surface area contributed by atoms with Gasteiger partial charge < -0.3 is 4.74 Å². The number of hydrogen-bond acceptors (Lipinski definition) is 2. The van der Waals surface area contributed by atoms with E-state index >= 15 is 0 Å². The van der Waals surface area contributed by atoms with Crippen LogP contribution in [0.2, 0.25) is 0 Å². The fourth-order valence-electron chi connectivity index (χ4n) is 2.00. The molecule has 0 fully saturated rings. The Labute approximate surface area is 139 Å². The highest BCUT2D eigenvalue weighted by molar-refractivity contribution is 9.09. The SMILES string of the molecule is Cc1ccccc1C=CC(=O)c1ccc(OCCCBr)cc1.